The Bertz CT molecular complexity index is 865. The maximum absolute atomic E-state index is 12.9. The predicted molar refractivity (Wildman–Crippen MR) is 107 cm³/mol. The molecular formula is C21H24N2O6. The Kier molecular flexibility index (Phi) is 7.70. The van der Waals surface area contributed by atoms with Crippen LogP contribution in [0.25, 0.3) is 0 Å². The van der Waals surface area contributed by atoms with Gasteiger partial charge in [-0.05, 0) is 32.9 Å². The third kappa shape index (κ3) is 5.31. The summed E-state index contributed by atoms with van der Waals surface area (Å²) in [5, 5.41) is 11.3. The van der Waals surface area contributed by atoms with Gasteiger partial charge in [-0.2, -0.15) is 0 Å². The first-order valence-electron chi connectivity index (χ1n) is 9.38. The van der Waals surface area contributed by atoms with Crippen LogP contribution in [0.15, 0.2) is 48.5 Å². The van der Waals surface area contributed by atoms with Gasteiger partial charge < -0.3 is 14.4 Å². The van der Waals surface area contributed by atoms with Gasteiger partial charge in [0.2, 0.25) is 6.10 Å². The minimum atomic E-state index is -1.14. The van der Waals surface area contributed by atoms with E-state index in [1.807, 2.05) is 13.8 Å². The van der Waals surface area contributed by atoms with E-state index in [2.05, 4.69) is 0 Å². The third-order valence-electron chi connectivity index (χ3n) is 4.32. The summed E-state index contributed by atoms with van der Waals surface area (Å²) < 4.78 is 10.7. The Hall–Kier alpha value is -3.42. The van der Waals surface area contributed by atoms with Crippen LogP contribution in [0.1, 0.15) is 42.8 Å². The zero-order chi connectivity index (χ0) is 21.4. The van der Waals surface area contributed by atoms with Crippen molar-refractivity contribution in [2.45, 2.75) is 26.9 Å². The Labute approximate surface area is 169 Å². The second-order valence-electron chi connectivity index (χ2n) is 6.08. The number of benzene rings is 2. The van der Waals surface area contributed by atoms with Crippen molar-refractivity contribution in [1.82, 2.24) is 4.90 Å². The van der Waals surface area contributed by atoms with Crippen LogP contribution in [0.2, 0.25) is 0 Å². The summed E-state index contributed by atoms with van der Waals surface area (Å²) in [6, 6.07) is 12.5. The van der Waals surface area contributed by atoms with Gasteiger partial charge >= 0.3 is 11.7 Å². The largest absolute Gasteiger partial charge is 0.487 e. The van der Waals surface area contributed by atoms with Gasteiger partial charge in [-0.15, -0.1) is 0 Å². The minimum absolute atomic E-state index is 0.0339. The Morgan fingerprint density at radius 2 is 1.72 bits per heavy atom. The third-order valence-corrected chi connectivity index (χ3v) is 4.32. The van der Waals surface area contributed by atoms with Crippen LogP contribution in [0, 0.1) is 10.1 Å². The van der Waals surface area contributed by atoms with Crippen LogP contribution >= 0.6 is 0 Å². The Balaban J connectivity index is 2.36. The molecule has 0 radical (unpaired) electrons. The van der Waals surface area contributed by atoms with Gasteiger partial charge in [-0.3, -0.25) is 14.9 Å². The maximum Gasteiger partial charge on any atom is 0.339 e. The molecule has 8 nitrogen and oxygen atoms in total. The number of nitro benzene ring substituents is 1. The molecule has 0 aliphatic heterocycles. The topological polar surface area (TPSA) is 99.0 Å². The summed E-state index contributed by atoms with van der Waals surface area (Å²) in [5.41, 5.74) is 0.152. The number of esters is 1. The summed E-state index contributed by atoms with van der Waals surface area (Å²) in [6.07, 6.45) is -1.14. The molecule has 2 aromatic carbocycles. The van der Waals surface area contributed by atoms with Gasteiger partial charge in [0.1, 0.15) is 0 Å². The molecule has 0 aromatic heterocycles. The summed E-state index contributed by atoms with van der Waals surface area (Å²) in [5.74, 6) is -1.12. The van der Waals surface area contributed by atoms with E-state index >= 15 is 0 Å². The average molecular weight is 400 g/mol. The lowest BCUT2D eigenvalue weighted by Gasteiger charge is -2.25. The van der Waals surface area contributed by atoms with Gasteiger partial charge in [0.05, 0.1) is 17.1 Å². The summed E-state index contributed by atoms with van der Waals surface area (Å²) in [7, 11) is 0. The van der Waals surface area contributed by atoms with Gasteiger partial charge in [0.15, 0.2) is 5.75 Å². The Morgan fingerprint density at radius 3 is 2.28 bits per heavy atom. The normalized spacial score (nSPS) is 11.4. The number of nitrogens with zero attached hydrogens (tertiary/aromatic N) is 2. The fourth-order valence-corrected chi connectivity index (χ4v) is 2.83. The highest BCUT2D eigenvalue weighted by Gasteiger charge is 2.29. The van der Waals surface area contributed by atoms with Gasteiger partial charge in [-0.25, -0.2) is 4.79 Å². The van der Waals surface area contributed by atoms with Crippen molar-refractivity contribution < 1.29 is 24.0 Å². The van der Waals surface area contributed by atoms with Crippen molar-refractivity contribution in [3.63, 3.8) is 0 Å². The molecule has 0 spiro atoms. The van der Waals surface area contributed by atoms with E-state index in [1.165, 1.54) is 12.1 Å². The summed E-state index contributed by atoms with van der Waals surface area (Å²) in [6.45, 7) is 6.55. The molecule has 154 valence electrons. The molecule has 0 saturated heterocycles. The van der Waals surface area contributed by atoms with Crippen LogP contribution < -0.4 is 4.74 Å². The molecule has 1 amide bonds. The van der Waals surface area contributed by atoms with E-state index < -0.39 is 17.0 Å². The van der Waals surface area contributed by atoms with E-state index in [-0.39, 0.29) is 29.5 Å². The van der Waals surface area contributed by atoms with Crippen LogP contribution in [-0.2, 0) is 9.53 Å². The number of amides is 1. The molecule has 0 saturated carbocycles. The zero-order valence-corrected chi connectivity index (χ0v) is 16.7. The first kappa shape index (κ1) is 21.9. The lowest BCUT2D eigenvalue weighted by Crippen LogP contribution is -2.36. The van der Waals surface area contributed by atoms with Crippen molar-refractivity contribution in [3.8, 4) is 5.75 Å². The number of hydrogen-bond donors (Lipinski definition) is 0. The lowest BCUT2D eigenvalue weighted by molar-refractivity contribution is -0.385. The monoisotopic (exact) mass is 400 g/mol. The fraction of sp³-hybridized carbons (Fsp3) is 0.333. The molecule has 0 bridgehead atoms. The molecule has 2 rings (SSSR count). The molecule has 1 atom stereocenters. The summed E-state index contributed by atoms with van der Waals surface area (Å²) in [4.78, 5) is 37.9. The van der Waals surface area contributed by atoms with E-state index in [9.17, 15) is 19.7 Å². The zero-order valence-electron chi connectivity index (χ0n) is 16.7. The first-order valence-corrected chi connectivity index (χ1v) is 9.38. The maximum atomic E-state index is 12.9. The molecule has 29 heavy (non-hydrogen) atoms. The standard InChI is InChI=1S/C21H24N2O6/c1-4-22(5-2)20(24)19(15-10-8-7-9-11-15)29-21(25)16-12-13-18(28-6-3)17(14-16)23(26)27/h7-14,19H,4-6H2,1-3H3/t19-/m1/s1. The van der Waals surface area contributed by atoms with Crippen molar-refractivity contribution in [3.05, 3.63) is 69.8 Å². The van der Waals surface area contributed by atoms with Crippen molar-refractivity contribution in [2.75, 3.05) is 19.7 Å². The first-order chi connectivity index (χ1) is 13.9. The van der Waals surface area contributed by atoms with Crippen molar-refractivity contribution >= 4 is 17.6 Å². The highest BCUT2D eigenvalue weighted by atomic mass is 16.6. The van der Waals surface area contributed by atoms with E-state index in [0.29, 0.717) is 18.7 Å². The van der Waals surface area contributed by atoms with Crippen LogP contribution in [0.5, 0.6) is 5.75 Å². The predicted octanol–water partition coefficient (Wildman–Crippen LogP) is 3.76. The number of carbonyl (C=O) groups is 2. The lowest BCUT2D eigenvalue weighted by atomic mass is 10.1. The number of likely N-dealkylation sites (N-methyl/N-ethyl adjacent to an activating group) is 1. The number of nitro groups is 1. The number of hydrogen-bond acceptors (Lipinski definition) is 6. The summed E-state index contributed by atoms with van der Waals surface area (Å²) >= 11 is 0. The van der Waals surface area contributed by atoms with E-state index in [0.717, 1.165) is 6.07 Å². The molecule has 0 aliphatic carbocycles. The minimum Gasteiger partial charge on any atom is -0.487 e. The number of carbonyl (C=O) groups excluding carboxylic acids is 2. The molecule has 0 unspecified atom stereocenters. The molecule has 0 heterocycles. The van der Waals surface area contributed by atoms with Crippen LogP contribution in [0.3, 0.4) is 0 Å². The molecule has 0 N–H and O–H groups in total. The Morgan fingerprint density at radius 1 is 1.07 bits per heavy atom. The van der Waals surface area contributed by atoms with Crippen LogP contribution in [0.4, 0.5) is 5.69 Å². The molecule has 0 aliphatic rings. The number of ether oxygens (including phenoxy) is 2. The van der Waals surface area contributed by atoms with Crippen molar-refractivity contribution in [2.24, 2.45) is 0 Å². The molecule has 2 aromatic rings. The van der Waals surface area contributed by atoms with E-state index in [4.69, 9.17) is 9.47 Å². The van der Waals surface area contributed by atoms with E-state index in [1.54, 1.807) is 42.2 Å². The number of rotatable bonds is 9. The molecule has 8 heteroatoms. The average Bonchev–Trinajstić information content (AvgIpc) is 2.73. The van der Waals surface area contributed by atoms with Gasteiger partial charge in [0.25, 0.3) is 5.91 Å². The molecular weight excluding hydrogens is 376 g/mol. The second-order valence-corrected chi connectivity index (χ2v) is 6.08. The van der Waals surface area contributed by atoms with Gasteiger partial charge in [-0.1, -0.05) is 30.3 Å². The fourth-order valence-electron chi connectivity index (χ4n) is 2.83. The van der Waals surface area contributed by atoms with Crippen LogP contribution in [-0.4, -0.2) is 41.4 Å². The second kappa shape index (κ2) is 10.2. The van der Waals surface area contributed by atoms with Gasteiger partial charge in [0, 0.05) is 24.7 Å². The highest BCUT2D eigenvalue weighted by molar-refractivity contribution is 5.93. The molecule has 0 fully saturated rings. The SMILES string of the molecule is CCOc1ccc(C(=O)O[C@@H](C(=O)N(CC)CC)c2ccccc2)cc1[N+](=O)[O-]. The highest BCUT2D eigenvalue weighted by Crippen LogP contribution is 2.29. The smallest absolute Gasteiger partial charge is 0.339 e. The van der Waals surface area contributed by atoms with Crippen molar-refractivity contribution in [1.29, 1.82) is 0 Å². The quantitative estimate of drug-likeness (QED) is 0.361.